The van der Waals surface area contributed by atoms with Crippen LogP contribution in [0, 0.1) is 13.8 Å². The molecule has 0 radical (unpaired) electrons. The zero-order chi connectivity index (χ0) is 16.2. The van der Waals surface area contributed by atoms with E-state index in [1.54, 1.807) is 0 Å². The highest BCUT2D eigenvalue weighted by atomic mass is 16.4. The van der Waals surface area contributed by atoms with E-state index in [-0.39, 0.29) is 11.8 Å². The number of aliphatic carboxylic acids is 1. The van der Waals surface area contributed by atoms with Crippen LogP contribution < -0.4 is 0 Å². The molecule has 0 heterocycles. The van der Waals surface area contributed by atoms with Crippen LogP contribution in [-0.2, 0) is 16.8 Å². The lowest BCUT2D eigenvalue weighted by Gasteiger charge is -2.24. The van der Waals surface area contributed by atoms with Crippen LogP contribution >= 0.6 is 0 Å². The Labute approximate surface area is 129 Å². The van der Waals surface area contributed by atoms with Gasteiger partial charge in [-0.3, -0.25) is 4.79 Å². The van der Waals surface area contributed by atoms with Gasteiger partial charge in [0.2, 0.25) is 0 Å². The Kier molecular flexibility index (Phi) is 5.97. The van der Waals surface area contributed by atoms with E-state index in [1.807, 2.05) is 0 Å². The van der Waals surface area contributed by atoms with Gasteiger partial charge >= 0.3 is 5.97 Å². The van der Waals surface area contributed by atoms with Crippen molar-refractivity contribution in [2.24, 2.45) is 0 Å². The lowest BCUT2D eigenvalue weighted by molar-refractivity contribution is -0.137. The van der Waals surface area contributed by atoms with E-state index in [0.29, 0.717) is 6.42 Å². The smallest absolute Gasteiger partial charge is 0.303 e. The summed E-state index contributed by atoms with van der Waals surface area (Å²) in [5, 5.41) is 8.69. The second kappa shape index (κ2) is 7.08. The number of carboxylic acids is 1. The number of hydrogen-bond acceptors (Lipinski definition) is 2. The number of carboxylic acid groups (broad SMARTS) is 1. The zero-order valence-corrected chi connectivity index (χ0v) is 14.3. The first-order valence-corrected chi connectivity index (χ1v) is 7.62. The number of carbonyl (C=O) groups is 1. The number of nitrogens with zero attached hydrogens (tertiary/aromatic N) is 1. The lowest BCUT2D eigenvalue weighted by Crippen LogP contribution is -2.21. The van der Waals surface area contributed by atoms with Gasteiger partial charge in [-0.1, -0.05) is 32.9 Å². The molecule has 1 aromatic rings. The largest absolute Gasteiger partial charge is 0.481 e. The molecule has 0 spiro atoms. The minimum atomic E-state index is -0.717. The van der Waals surface area contributed by atoms with E-state index in [1.165, 1.54) is 22.3 Å². The van der Waals surface area contributed by atoms with Gasteiger partial charge in [-0.15, -0.1) is 0 Å². The fourth-order valence-corrected chi connectivity index (χ4v) is 2.52. The molecule has 1 aromatic carbocycles. The van der Waals surface area contributed by atoms with Gasteiger partial charge in [-0.25, -0.2) is 0 Å². The first-order valence-electron chi connectivity index (χ1n) is 7.62. The minimum Gasteiger partial charge on any atom is -0.481 e. The molecule has 1 rings (SSSR count). The topological polar surface area (TPSA) is 40.5 Å². The molecule has 0 atom stereocenters. The van der Waals surface area contributed by atoms with Crippen LogP contribution in [0.25, 0.3) is 0 Å². The van der Waals surface area contributed by atoms with E-state index >= 15 is 0 Å². The molecule has 0 saturated carbocycles. The monoisotopic (exact) mass is 291 g/mol. The standard InChI is InChI=1S/C18H29NO2/c1-13-10-15(18(3,4)5)11-14(2)16(13)12-19(6)9-7-8-17(20)21/h10-11H,7-9,12H2,1-6H3,(H,20,21). The number of rotatable bonds is 6. The van der Waals surface area contributed by atoms with Gasteiger partial charge in [0, 0.05) is 13.0 Å². The fourth-order valence-electron chi connectivity index (χ4n) is 2.52. The quantitative estimate of drug-likeness (QED) is 0.864. The molecule has 0 amide bonds. The van der Waals surface area contributed by atoms with Crippen molar-refractivity contribution in [3.8, 4) is 0 Å². The van der Waals surface area contributed by atoms with Crippen molar-refractivity contribution in [1.29, 1.82) is 0 Å². The van der Waals surface area contributed by atoms with Crippen molar-refractivity contribution >= 4 is 5.97 Å². The van der Waals surface area contributed by atoms with Crippen LogP contribution in [0.5, 0.6) is 0 Å². The maximum Gasteiger partial charge on any atom is 0.303 e. The Hall–Kier alpha value is -1.35. The number of benzene rings is 1. The second-order valence-electron chi connectivity index (χ2n) is 7.07. The van der Waals surface area contributed by atoms with Gasteiger partial charge in [0.1, 0.15) is 0 Å². The molecular weight excluding hydrogens is 262 g/mol. The van der Waals surface area contributed by atoms with Crippen molar-refractivity contribution in [2.45, 2.75) is 59.4 Å². The van der Waals surface area contributed by atoms with Crippen molar-refractivity contribution < 1.29 is 9.90 Å². The van der Waals surface area contributed by atoms with Gasteiger partial charge < -0.3 is 10.0 Å². The molecule has 0 aliphatic rings. The molecule has 0 fully saturated rings. The minimum absolute atomic E-state index is 0.168. The van der Waals surface area contributed by atoms with Gasteiger partial charge in [0.25, 0.3) is 0 Å². The van der Waals surface area contributed by atoms with E-state index in [9.17, 15) is 4.79 Å². The Morgan fingerprint density at radius 1 is 1.19 bits per heavy atom. The predicted octanol–water partition coefficient (Wildman–Crippen LogP) is 3.90. The Balaban J connectivity index is 2.78. The van der Waals surface area contributed by atoms with Crippen molar-refractivity contribution in [1.82, 2.24) is 4.90 Å². The summed E-state index contributed by atoms with van der Waals surface area (Å²) >= 11 is 0. The summed E-state index contributed by atoms with van der Waals surface area (Å²) in [5.41, 5.74) is 5.55. The predicted molar refractivity (Wildman–Crippen MR) is 87.8 cm³/mol. The van der Waals surface area contributed by atoms with E-state index in [4.69, 9.17) is 5.11 Å². The third-order valence-electron chi connectivity index (χ3n) is 3.92. The molecule has 0 saturated heterocycles. The summed E-state index contributed by atoms with van der Waals surface area (Å²) in [5.74, 6) is -0.717. The molecule has 0 unspecified atom stereocenters. The van der Waals surface area contributed by atoms with Crippen LogP contribution in [0.1, 0.15) is 55.9 Å². The first-order chi connectivity index (χ1) is 9.61. The summed E-state index contributed by atoms with van der Waals surface area (Å²) in [6.45, 7) is 12.7. The SMILES string of the molecule is Cc1cc(C(C)(C)C)cc(C)c1CN(C)CCCC(=O)O. The van der Waals surface area contributed by atoms with Crippen LogP contribution in [0.4, 0.5) is 0 Å². The molecule has 118 valence electrons. The summed E-state index contributed by atoms with van der Waals surface area (Å²) in [6, 6.07) is 4.57. The Morgan fingerprint density at radius 2 is 1.71 bits per heavy atom. The highest BCUT2D eigenvalue weighted by Crippen LogP contribution is 2.27. The third-order valence-corrected chi connectivity index (χ3v) is 3.92. The van der Waals surface area contributed by atoms with Crippen LogP contribution in [0.15, 0.2) is 12.1 Å². The Morgan fingerprint density at radius 3 is 2.14 bits per heavy atom. The number of aryl methyl sites for hydroxylation is 2. The summed E-state index contributed by atoms with van der Waals surface area (Å²) in [7, 11) is 2.05. The van der Waals surface area contributed by atoms with Crippen LogP contribution in [-0.4, -0.2) is 29.6 Å². The lowest BCUT2D eigenvalue weighted by atomic mass is 9.84. The number of hydrogen-bond donors (Lipinski definition) is 1. The fraction of sp³-hybridized carbons (Fsp3) is 0.611. The van der Waals surface area contributed by atoms with Crippen molar-refractivity contribution in [3.63, 3.8) is 0 Å². The van der Waals surface area contributed by atoms with E-state index in [0.717, 1.165) is 13.1 Å². The average molecular weight is 291 g/mol. The van der Waals surface area contributed by atoms with Gasteiger partial charge in [-0.2, -0.15) is 0 Å². The maximum absolute atomic E-state index is 10.6. The van der Waals surface area contributed by atoms with Crippen LogP contribution in [0.3, 0.4) is 0 Å². The first kappa shape index (κ1) is 17.7. The van der Waals surface area contributed by atoms with Crippen LogP contribution in [0.2, 0.25) is 0 Å². The summed E-state index contributed by atoms with van der Waals surface area (Å²) in [4.78, 5) is 12.8. The van der Waals surface area contributed by atoms with Gasteiger partial charge in [-0.05, 0) is 61.5 Å². The van der Waals surface area contributed by atoms with Crippen molar-refractivity contribution in [3.05, 3.63) is 34.4 Å². The molecule has 0 aliphatic carbocycles. The molecule has 3 heteroatoms. The molecule has 0 aromatic heterocycles. The summed E-state index contributed by atoms with van der Waals surface area (Å²) in [6.07, 6.45) is 0.940. The highest BCUT2D eigenvalue weighted by molar-refractivity contribution is 5.66. The third kappa shape index (κ3) is 5.50. The Bertz CT molecular complexity index is 477. The molecular formula is C18H29NO2. The molecule has 0 bridgehead atoms. The molecule has 3 nitrogen and oxygen atoms in total. The normalized spacial score (nSPS) is 12.0. The van der Waals surface area contributed by atoms with Gasteiger partial charge in [0.05, 0.1) is 0 Å². The van der Waals surface area contributed by atoms with E-state index < -0.39 is 5.97 Å². The molecule has 1 N–H and O–H groups in total. The molecule has 0 aliphatic heterocycles. The highest BCUT2D eigenvalue weighted by Gasteiger charge is 2.16. The second-order valence-corrected chi connectivity index (χ2v) is 7.07. The molecule has 21 heavy (non-hydrogen) atoms. The van der Waals surface area contributed by atoms with E-state index in [2.05, 4.69) is 58.7 Å². The van der Waals surface area contributed by atoms with Gasteiger partial charge in [0.15, 0.2) is 0 Å². The zero-order valence-electron chi connectivity index (χ0n) is 14.3. The summed E-state index contributed by atoms with van der Waals surface area (Å²) < 4.78 is 0. The maximum atomic E-state index is 10.6. The average Bonchev–Trinajstić information content (AvgIpc) is 2.31. The van der Waals surface area contributed by atoms with Crippen molar-refractivity contribution in [2.75, 3.05) is 13.6 Å².